The first-order valence-corrected chi connectivity index (χ1v) is 10.5. The van der Waals surface area contributed by atoms with Crippen molar-refractivity contribution in [3.05, 3.63) is 54.1 Å². The number of benzene rings is 2. The van der Waals surface area contributed by atoms with Crippen molar-refractivity contribution in [2.75, 3.05) is 6.61 Å². The van der Waals surface area contributed by atoms with Crippen molar-refractivity contribution >= 4 is 23.5 Å². The van der Waals surface area contributed by atoms with Crippen LogP contribution in [0, 0.1) is 5.92 Å². The minimum absolute atomic E-state index is 0.173. The summed E-state index contributed by atoms with van der Waals surface area (Å²) in [6.45, 7) is 6.41. The highest BCUT2D eigenvalue weighted by Crippen LogP contribution is 2.23. The predicted octanol–water partition coefficient (Wildman–Crippen LogP) is 6.26. The molecule has 0 fully saturated rings. The molecule has 0 radical (unpaired) electrons. The summed E-state index contributed by atoms with van der Waals surface area (Å²) in [5.41, 5.74) is 2.42. The van der Waals surface area contributed by atoms with E-state index in [1.165, 1.54) is 0 Å². The van der Waals surface area contributed by atoms with Crippen molar-refractivity contribution < 1.29 is 19.1 Å². The molecule has 0 saturated heterocycles. The fourth-order valence-electron chi connectivity index (χ4n) is 2.85. The lowest BCUT2D eigenvalue weighted by Gasteiger charge is -2.12. The summed E-state index contributed by atoms with van der Waals surface area (Å²) in [4.78, 5) is 23.9. The van der Waals surface area contributed by atoms with Crippen LogP contribution in [0.15, 0.2) is 48.5 Å². The number of ether oxygens (including phenoxy) is 2. The zero-order valence-corrected chi connectivity index (χ0v) is 18.1. The highest BCUT2D eigenvalue weighted by molar-refractivity contribution is 6.20. The lowest BCUT2D eigenvalue weighted by atomic mass is 10.0. The topological polar surface area (TPSA) is 52.6 Å². The van der Waals surface area contributed by atoms with Crippen molar-refractivity contribution in [3.63, 3.8) is 0 Å². The molecule has 0 heterocycles. The van der Waals surface area contributed by atoms with Crippen LogP contribution in [0.25, 0.3) is 11.1 Å². The molecule has 1 atom stereocenters. The SMILES string of the molecule is CCCCC(=O)Oc1ccc(-c2ccc(C(=O)OCC(Cl)CC(C)C)cc2)cc1. The van der Waals surface area contributed by atoms with E-state index in [0.717, 1.165) is 30.4 Å². The number of hydrogen-bond acceptors (Lipinski definition) is 4. The Balaban J connectivity index is 1.92. The van der Waals surface area contributed by atoms with Crippen LogP contribution in [-0.2, 0) is 9.53 Å². The molecule has 0 aliphatic carbocycles. The van der Waals surface area contributed by atoms with Gasteiger partial charge in [-0.05, 0) is 54.2 Å². The third-order valence-corrected chi connectivity index (χ3v) is 4.70. The lowest BCUT2D eigenvalue weighted by Crippen LogP contribution is -2.16. The molecule has 0 saturated carbocycles. The molecular formula is C24H29ClO4. The first-order chi connectivity index (χ1) is 13.9. The van der Waals surface area contributed by atoms with E-state index < -0.39 is 0 Å². The molecule has 0 bridgehead atoms. The molecule has 0 N–H and O–H groups in total. The van der Waals surface area contributed by atoms with Crippen molar-refractivity contribution in [1.29, 1.82) is 0 Å². The zero-order valence-electron chi connectivity index (χ0n) is 17.3. The fourth-order valence-corrected chi connectivity index (χ4v) is 3.27. The van der Waals surface area contributed by atoms with E-state index in [0.29, 0.717) is 23.7 Å². The maximum Gasteiger partial charge on any atom is 0.338 e. The summed E-state index contributed by atoms with van der Waals surface area (Å²) in [6.07, 6.45) is 3.02. The second kappa shape index (κ2) is 11.6. The van der Waals surface area contributed by atoms with Crippen LogP contribution in [0.4, 0.5) is 0 Å². The van der Waals surface area contributed by atoms with E-state index in [1.54, 1.807) is 24.3 Å². The average Bonchev–Trinajstić information content (AvgIpc) is 2.70. The van der Waals surface area contributed by atoms with Crippen LogP contribution >= 0.6 is 11.6 Å². The largest absolute Gasteiger partial charge is 0.461 e. The van der Waals surface area contributed by atoms with Gasteiger partial charge in [-0.15, -0.1) is 11.6 Å². The number of halogens is 1. The third-order valence-electron chi connectivity index (χ3n) is 4.40. The van der Waals surface area contributed by atoms with Gasteiger partial charge in [0.2, 0.25) is 0 Å². The average molecular weight is 417 g/mol. The highest BCUT2D eigenvalue weighted by Gasteiger charge is 2.13. The maximum atomic E-state index is 12.2. The predicted molar refractivity (Wildman–Crippen MR) is 116 cm³/mol. The van der Waals surface area contributed by atoms with Crippen molar-refractivity contribution in [1.82, 2.24) is 0 Å². The van der Waals surface area contributed by atoms with Crippen LogP contribution in [0.2, 0.25) is 0 Å². The van der Waals surface area contributed by atoms with Crippen LogP contribution in [-0.4, -0.2) is 23.9 Å². The zero-order chi connectivity index (χ0) is 21.2. The smallest absolute Gasteiger partial charge is 0.338 e. The second-order valence-corrected chi connectivity index (χ2v) is 8.12. The molecular weight excluding hydrogens is 388 g/mol. The summed E-state index contributed by atoms with van der Waals surface area (Å²) in [5.74, 6) is 0.407. The second-order valence-electron chi connectivity index (χ2n) is 7.50. The van der Waals surface area contributed by atoms with E-state index in [4.69, 9.17) is 21.1 Å². The summed E-state index contributed by atoms with van der Waals surface area (Å²) in [5, 5.41) is -0.173. The molecule has 2 aromatic rings. The molecule has 0 amide bonds. The Kier molecular flexibility index (Phi) is 9.20. The van der Waals surface area contributed by atoms with Gasteiger partial charge in [0.15, 0.2) is 0 Å². The Morgan fingerprint density at radius 2 is 1.55 bits per heavy atom. The number of unbranched alkanes of at least 4 members (excludes halogenated alkanes) is 1. The van der Waals surface area contributed by atoms with Gasteiger partial charge in [-0.1, -0.05) is 51.5 Å². The van der Waals surface area contributed by atoms with E-state index >= 15 is 0 Å². The van der Waals surface area contributed by atoms with Gasteiger partial charge in [0.1, 0.15) is 12.4 Å². The summed E-state index contributed by atoms with van der Waals surface area (Å²) < 4.78 is 10.6. The molecule has 29 heavy (non-hydrogen) atoms. The summed E-state index contributed by atoms with van der Waals surface area (Å²) in [7, 11) is 0. The maximum absolute atomic E-state index is 12.2. The lowest BCUT2D eigenvalue weighted by molar-refractivity contribution is -0.134. The molecule has 156 valence electrons. The molecule has 1 unspecified atom stereocenters. The van der Waals surface area contributed by atoms with Crippen LogP contribution < -0.4 is 4.74 Å². The molecule has 0 aliphatic rings. The minimum Gasteiger partial charge on any atom is -0.461 e. The molecule has 0 aromatic heterocycles. The van der Waals surface area contributed by atoms with Gasteiger partial charge >= 0.3 is 11.9 Å². The Bertz CT molecular complexity index is 782. The first kappa shape index (κ1) is 23.0. The van der Waals surface area contributed by atoms with Crippen LogP contribution in [0.1, 0.15) is 56.8 Å². The molecule has 4 nitrogen and oxygen atoms in total. The van der Waals surface area contributed by atoms with E-state index in [1.807, 2.05) is 31.2 Å². The Hall–Kier alpha value is -2.33. The fraction of sp³-hybridized carbons (Fsp3) is 0.417. The summed E-state index contributed by atoms with van der Waals surface area (Å²) >= 11 is 6.17. The number of hydrogen-bond donors (Lipinski definition) is 0. The number of carbonyl (C=O) groups excluding carboxylic acids is 2. The molecule has 2 rings (SSSR count). The number of rotatable bonds is 10. The first-order valence-electron chi connectivity index (χ1n) is 10.1. The molecule has 5 heteroatoms. The Morgan fingerprint density at radius 1 is 0.966 bits per heavy atom. The van der Waals surface area contributed by atoms with Crippen LogP contribution in [0.5, 0.6) is 5.75 Å². The van der Waals surface area contributed by atoms with Gasteiger partial charge in [0.05, 0.1) is 10.9 Å². The molecule has 0 spiro atoms. The van der Waals surface area contributed by atoms with Gasteiger partial charge in [0, 0.05) is 6.42 Å². The van der Waals surface area contributed by atoms with Gasteiger partial charge < -0.3 is 9.47 Å². The Morgan fingerprint density at radius 3 is 2.10 bits per heavy atom. The van der Waals surface area contributed by atoms with Crippen molar-refractivity contribution in [3.8, 4) is 16.9 Å². The molecule has 2 aromatic carbocycles. The Labute approximate surface area is 178 Å². The summed E-state index contributed by atoms with van der Waals surface area (Å²) in [6, 6.07) is 14.5. The van der Waals surface area contributed by atoms with Gasteiger partial charge in [-0.3, -0.25) is 4.79 Å². The van der Waals surface area contributed by atoms with Crippen LogP contribution in [0.3, 0.4) is 0 Å². The van der Waals surface area contributed by atoms with E-state index in [-0.39, 0.29) is 23.9 Å². The third kappa shape index (κ3) is 7.90. The minimum atomic E-state index is -0.375. The van der Waals surface area contributed by atoms with Crippen molar-refractivity contribution in [2.45, 2.75) is 51.8 Å². The number of alkyl halides is 1. The van der Waals surface area contributed by atoms with Gasteiger partial charge in [-0.2, -0.15) is 0 Å². The van der Waals surface area contributed by atoms with Gasteiger partial charge in [-0.25, -0.2) is 4.79 Å². The normalized spacial score (nSPS) is 11.9. The standard InChI is InChI=1S/C24H29ClO4/c1-4-5-6-23(26)29-22-13-11-19(12-14-22)18-7-9-20(10-8-18)24(27)28-16-21(25)15-17(2)3/h7-14,17,21H,4-6,15-16H2,1-3H3. The monoisotopic (exact) mass is 416 g/mol. The van der Waals surface area contributed by atoms with Crippen molar-refractivity contribution in [2.24, 2.45) is 5.92 Å². The highest BCUT2D eigenvalue weighted by atomic mass is 35.5. The number of esters is 2. The number of carbonyl (C=O) groups is 2. The van der Waals surface area contributed by atoms with E-state index in [9.17, 15) is 9.59 Å². The molecule has 0 aliphatic heterocycles. The quantitative estimate of drug-likeness (QED) is 0.260. The van der Waals surface area contributed by atoms with Gasteiger partial charge in [0.25, 0.3) is 0 Å². The van der Waals surface area contributed by atoms with E-state index in [2.05, 4.69) is 13.8 Å².